The van der Waals surface area contributed by atoms with E-state index in [1.165, 1.54) is 35.4 Å². The van der Waals surface area contributed by atoms with Crippen LogP contribution in [0, 0.1) is 11.6 Å². The van der Waals surface area contributed by atoms with E-state index in [9.17, 15) is 8.78 Å². The summed E-state index contributed by atoms with van der Waals surface area (Å²) in [5.74, 6) is -0.489. The topological polar surface area (TPSA) is 150 Å². The number of hydrogen-bond donors (Lipinski definition) is 6. The van der Waals surface area contributed by atoms with Gasteiger partial charge in [0.2, 0.25) is 0 Å². The minimum atomic E-state index is -0.253. The van der Waals surface area contributed by atoms with Crippen molar-refractivity contribution in [1.82, 2.24) is 29.9 Å². The Labute approximate surface area is 645 Å². The van der Waals surface area contributed by atoms with Crippen LogP contribution in [-0.2, 0) is 13.1 Å². The number of anilines is 10. The number of fused-ring (bicyclic) bond motifs is 6. The van der Waals surface area contributed by atoms with Gasteiger partial charge in [0.1, 0.15) is 11.6 Å². The van der Waals surface area contributed by atoms with E-state index in [2.05, 4.69) is 122 Å². The summed E-state index contributed by atoms with van der Waals surface area (Å²) >= 11 is 17.9. The van der Waals surface area contributed by atoms with E-state index in [0.717, 1.165) is 135 Å². The maximum atomic E-state index is 12.9. The first kappa shape index (κ1) is 73.9. The summed E-state index contributed by atoms with van der Waals surface area (Å²) < 4.78 is 25.7. The van der Waals surface area contributed by atoms with Crippen molar-refractivity contribution in [3.05, 3.63) is 409 Å². The van der Waals surface area contributed by atoms with Gasteiger partial charge in [-0.3, -0.25) is 29.9 Å². The maximum absolute atomic E-state index is 12.9. The van der Waals surface area contributed by atoms with Crippen molar-refractivity contribution in [2.45, 2.75) is 13.1 Å². The van der Waals surface area contributed by atoms with Gasteiger partial charge in [0.15, 0.2) is 0 Å². The lowest BCUT2D eigenvalue weighted by Crippen LogP contribution is -2.00. The van der Waals surface area contributed by atoms with E-state index in [0.29, 0.717) is 15.1 Å². The van der Waals surface area contributed by atoms with Gasteiger partial charge in [-0.05, 0) is 193 Å². The summed E-state index contributed by atoms with van der Waals surface area (Å²) in [6, 6.07) is 106. The van der Waals surface area contributed by atoms with Gasteiger partial charge < -0.3 is 31.9 Å². The van der Waals surface area contributed by atoms with Crippen LogP contribution in [0.2, 0.25) is 15.1 Å². The van der Waals surface area contributed by atoms with E-state index < -0.39 is 0 Å². The Hall–Kier alpha value is -13.4. The molecule has 0 spiro atoms. The van der Waals surface area contributed by atoms with Crippen LogP contribution in [0.1, 0.15) is 11.1 Å². The van der Waals surface area contributed by atoms with Crippen LogP contribution in [-0.4, -0.2) is 29.9 Å². The van der Waals surface area contributed by atoms with Crippen LogP contribution in [0.5, 0.6) is 0 Å². The number of nitrogens with one attached hydrogen (secondary N) is 6. The Morgan fingerprint density at radius 1 is 0.220 bits per heavy atom. The lowest BCUT2D eigenvalue weighted by molar-refractivity contribution is 0.627. The van der Waals surface area contributed by atoms with Crippen molar-refractivity contribution in [3.8, 4) is 0 Å². The number of halogens is 5. The maximum Gasteiger partial charge on any atom is 0.123 e. The van der Waals surface area contributed by atoms with Crippen molar-refractivity contribution in [2.75, 3.05) is 31.9 Å². The average molecular weight is 1490 g/mol. The van der Waals surface area contributed by atoms with Crippen LogP contribution in [0.15, 0.2) is 371 Å². The van der Waals surface area contributed by atoms with Crippen LogP contribution >= 0.6 is 34.8 Å². The monoisotopic (exact) mass is 1490 g/mol. The number of nitrogens with zero attached hydrogens (tertiary/aromatic N) is 6. The van der Waals surface area contributed by atoms with E-state index in [-0.39, 0.29) is 11.6 Å². The number of para-hydroxylation sites is 5. The largest absolute Gasteiger partial charge is 0.380 e. The predicted molar refractivity (Wildman–Crippen MR) is 452 cm³/mol. The van der Waals surface area contributed by atoms with Gasteiger partial charge in [0.05, 0.1) is 33.1 Å². The van der Waals surface area contributed by atoms with Crippen LogP contribution in [0.3, 0.4) is 0 Å². The Morgan fingerprint density at radius 3 is 0.780 bits per heavy atom. The molecule has 18 rings (SSSR count). The molecular formula is C92H71Cl3F2N12. The summed E-state index contributed by atoms with van der Waals surface area (Å²) in [6.45, 7) is 1.62. The first-order chi connectivity index (χ1) is 53.6. The van der Waals surface area contributed by atoms with Crippen LogP contribution < -0.4 is 31.9 Å². The minimum absolute atomic E-state index is 0.236. The highest BCUT2D eigenvalue weighted by Crippen LogP contribution is 2.32. The molecule has 0 amide bonds. The Kier molecular flexibility index (Phi) is 25.5. The normalized spacial score (nSPS) is 10.5. The molecule has 0 bridgehead atoms. The fourth-order valence-corrected chi connectivity index (χ4v) is 12.2. The Morgan fingerprint density at radius 2 is 0.459 bits per heavy atom. The molecule has 0 saturated heterocycles. The summed E-state index contributed by atoms with van der Waals surface area (Å²) in [4.78, 5) is 25.9. The molecule has 0 atom stereocenters. The van der Waals surface area contributed by atoms with Gasteiger partial charge in [0.25, 0.3) is 0 Å². The average Bonchev–Trinajstić information content (AvgIpc) is 0.836. The van der Waals surface area contributed by atoms with E-state index in [1.54, 1.807) is 49.1 Å². The highest BCUT2D eigenvalue weighted by Gasteiger charge is 2.09. The van der Waals surface area contributed by atoms with Crippen molar-refractivity contribution in [3.63, 3.8) is 0 Å². The second-order valence-corrected chi connectivity index (χ2v) is 25.9. The molecule has 109 heavy (non-hydrogen) atoms. The number of rotatable bonds is 14. The number of benzene rings is 12. The molecule has 17 heteroatoms. The first-order valence-electron chi connectivity index (χ1n) is 35.0. The van der Waals surface area contributed by atoms with E-state index in [4.69, 9.17) is 34.8 Å². The molecule has 0 aliphatic heterocycles. The lowest BCUT2D eigenvalue weighted by Gasteiger charge is -2.09. The van der Waals surface area contributed by atoms with Gasteiger partial charge >= 0.3 is 0 Å². The highest BCUT2D eigenvalue weighted by molar-refractivity contribution is 6.32. The number of aromatic nitrogens is 6. The fraction of sp³-hybridized carbons (Fsp3) is 0.0217. The molecule has 6 heterocycles. The van der Waals surface area contributed by atoms with Crippen LogP contribution in [0.25, 0.3) is 65.4 Å². The zero-order chi connectivity index (χ0) is 74.8. The van der Waals surface area contributed by atoms with E-state index in [1.807, 2.05) is 237 Å². The van der Waals surface area contributed by atoms with Gasteiger partial charge in [-0.15, -0.1) is 0 Å². The smallest absolute Gasteiger partial charge is 0.123 e. The third kappa shape index (κ3) is 21.0. The Balaban J connectivity index is 0.000000115. The zero-order valence-corrected chi connectivity index (χ0v) is 61.0. The predicted octanol–water partition coefficient (Wildman–Crippen LogP) is 25.8. The zero-order valence-electron chi connectivity index (χ0n) is 58.7. The van der Waals surface area contributed by atoms with Gasteiger partial charge in [0, 0.05) is 155 Å². The molecule has 12 nitrogen and oxygen atoms in total. The molecule has 0 fully saturated rings. The summed E-state index contributed by atoms with van der Waals surface area (Å²) in [5, 5.41) is 28.7. The van der Waals surface area contributed by atoms with Crippen molar-refractivity contribution in [2.24, 2.45) is 0 Å². The third-order valence-corrected chi connectivity index (χ3v) is 17.8. The Bertz CT molecular complexity index is 5950. The molecule has 534 valence electrons. The highest BCUT2D eigenvalue weighted by atomic mass is 35.5. The summed E-state index contributed by atoms with van der Waals surface area (Å²) in [7, 11) is 0. The number of hydrogen-bond acceptors (Lipinski definition) is 12. The molecule has 0 aliphatic carbocycles. The molecule has 18 aromatic rings. The van der Waals surface area contributed by atoms with Gasteiger partial charge in [-0.25, -0.2) is 8.78 Å². The van der Waals surface area contributed by atoms with Crippen molar-refractivity contribution >= 4 is 157 Å². The summed E-state index contributed by atoms with van der Waals surface area (Å²) in [6.07, 6.45) is 10.7. The molecule has 0 radical (unpaired) electrons. The first-order valence-corrected chi connectivity index (χ1v) is 36.1. The third-order valence-electron chi connectivity index (χ3n) is 17.1. The van der Waals surface area contributed by atoms with Crippen molar-refractivity contribution < 1.29 is 8.78 Å². The second kappa shape index (κ2) is 37.6. The molecule has 6 N–H and O–H groups in total. The molecule has 0 aliphatic rings. The van der Waals surface area contributed by atoms with Crippen LogP contribution in [0.4, 0.5) is 65.7 Å². The molecule has 0 unspecified atom stereocenters. The van der Waals surface area contributed by atoms with Crippen molar-refractivity contribution in [1.29, 1.82) is 0 Å². The van der Waals surface area contributed by atoms with Gasteiger partial charge in [-0.2, -0.15) is 0 Å². The lowest BCUT2D eigenvalue weighted by atomic mass is 10.1. The standard InChI is InChI=1S/C16H13ClN2.C16H14N2.C15H10ClFN2.C15H11ClN2.C15H11FN2.C15H12N2/c17-13-6-7-14-15(8-9-18-16(14)10-13)19-11-12-4-2-1-3-5-12;1-2-6-13(7-3-1)12-18-16-10-11-17-15-9-5-4-8-14(15)16;16-10-1-6-13-14(7-8-18-15(13)9-10)19-12-4-2-11(17)3-5-12;16-11-6-7-13-14(8-9-17-15(13)10-11)18-12-4-2-1-3-5-12;16-11-5-7-12(8-6-11)18-15-9-10-17-14-4-2-1-3-13(14)15;1-2-6-12(7-3-1)17-15-10-11-16-14-9-5-4-8-13(14)15/h1-10H,11H2,(H,18,19);1-11H,12H2,(H,17,18);1-9H,(H,18,19);2*1-10H,(H,17,18);1-11H,(H,16,17). The molecule has 0 saturated carbocycles. The fourth-order valence-electron chi connectivity index (χ4n) is 11.7. The molecule has 6 aromatic heterocycles. The summed E-state index contributed by atoms with van der Waals surface area (Å²) in [5.41, 5.74) is 18.1. The molecule has 12 aromatic carbocycles. The second-order valence-electron chi connectivity index (χ2n) is 24.6. The SMILES string of the molecule is Clc1ccc2c(NCc3ccccc3)ccnc2c1.Clc1ccc2c(Nc3ccccc3)ccnc2c1.Fc1ccc(Nc2ccnc3cc(Cl)ccc23)cc1.Fc1ccc(Nc2ccnc3ccccc23)cc1.c1ccc(CNc2ccnc3ccccc23)cc1.c1ccc(Nc2ccnc3ccccc23)cc1. The number of pyridine rings is 6. The van der Waals surface area contributed by atoms with E-state index >= 15 is 0 Å². The quantitative estimate of drug-likeness (QED) is 0.0615. The minimum Gasteiger partial charge on any atom is -0.380 e. The van der Waals surface area contributed by atoms with Gasteiger partial charge in [-0.1, -0.05) is 186 Å². The molecular weight excluding hydrogens is 1420 g/mol.